The lowest BCUT2D eigenvalue weighted by Gasteiger charge is -2.26. The first-order valence-electron chi connectivity index (χ1n) is 10.6. The van der Waals surface area contributed by atoms with Crippen molar-refractivity contribution in [2.75, 3.05) is 25.2 Å². The number of ketones is 1. The van der Waals surface area contributed by atoms with Gasteiger partial charge in [-0.05, 0) is 48.0 Å². The van der Waals surface area contributed by atoms with Crippen LogP contribution in [0.2, 0.25) is 0 Å². The van der Waals surface area contributed by atoms with E-state index in [1.807, 2.05) is 0 Å². The highest BCUT2D eigenvalue weighted by molar-refractivity contribution is 6.51. The van der Waals surface area contributed by atoms with Gasteiger partial charge in [0.05, 0.1) is 24.4 Å². The van der Waals surface area contributed by atoms with Crippen LogP contribution in [-0.4, -0.2) is 42.2 Å². The summed E-state index contributed by atoms with van der Waals surface area (Å²) < 4.78 is 16.5. The number of rotatable bonds is 4. The monoisotopic (exact) mass is 459 g/mol. The maximum Gasteiger partial charge on any atom is 0.300 e. The standard InChI is InChI=1S/C26H21NO7/c1-32-17-6-4-5-15(13-17)23-22(24(29)16-9-10-20-21(14-16)34-12-11-33-20)25(30)26(31)27(23)18-7-2-3-8-19(18)28/h2-10,13-14,23,28-29H,11-12H2,1H3/b24-22-. The number of phenols is 1. The molecule has 2 N–H and O–H groups in total. The van der Waals surface area contributed by atoms with Crippen LogP contribution < -0.4 is 19.1 Å². The maximum atomic E-state index is 13.3. The van der Waals surface area contributed by atoms with Crippen molar-refractivity contribution in [2.45, 2.75) is 6.04 Å². The zero-order valence-electron chi connectivity index (χ0n) is 18.2. The number of methoxy groups -OCH3 is 1. The van der Waals surface area contributed by atoms with Crippen LogP contribution in [0.4, 0.5) is 5.69 Å². The number of ether oxygens (including phenoxy) is 3. The molecular formula is C26H21NO7. The number of para-hydroxylation sites is 2. The Morgan fingerprint density at radius 2 is 1.74 bits per heavy atom. The summed E-state index contributed by atoms with van der Waals surface area (Å²) in [6, 6.07) is 16.9. The third-order valence-electron chi connectivity index (χ3n) is 5.81. The smallest absolute Gasteiger partial charge is 0.300 e. The molecule has 0 spiro atoms. The molecule has 8 heteroatoms. The van der Waals surface area contributed by atoms with E-state index < -0.39 is 17.7 Å². The zero-order valence-corrected chi connectivity index (χ0v) is 18.2. The number of anilines is 1. The summed E-state index contributed by atoms with van der Waals surface area (Å²) in [6.07, 6.45) is 0. The van der Waals surface area contributed by atoms with Crippen molar-refractivity contribution in [2.24, 2.45) is 0 Å². The average molecular weight is 459 g/mol. The summed E-state index contributed by atoms with van der Waals surface area (Å²) in [7, 11) is 1.51. The van der Waals surface area contributed by atoms with Crippen molar-refractivity contribution in [3.05, 3.63) is 83.4 Å². The number of benzene rings is 3. The molecule has 1 saturated heterocycles. The van der Waals surface area contributed by atoms with Crippen LogP contribution in [-0.2, 0) is 9.59 Å². The Labute approximate surface area is 195 Å². The van der Waals surface area contributed by atoms with Gasteiger partial charge in [0.2, 0.25) is 0 Å². The summed E-state index contributed by atoms with van der Waals surface area (Å²) in [6.45, 7) is 0.776. The van der Waals surface area contributed by atoms with Crippen LogP contribution in [0.15, 0.2) is 72.3 Å². The van der Waals surface area contributed by atoms with E-state index >= 15 is 0 Å². The van der Waals surface area contributed by atoms with Gasteiger partial charge in [-0.3, -0.25) is 14.5 Å². The normalized spacial score (nSPS) is 18.7. The topological polar surface area (TPSA) is 106 Å². The molecule has 3 aromatic rings. The van der Waals surface area contributed by atoms with Gasteiger partial charge in [0.1, 0.15) is 30.5 Å². The van der Waals surface area contributed by atoms with Crippen molar-refractivity contribution in [3.8, 4) is 23.0 Å². The summed E-state index contributed by atoms with van der Waals surface area (Å²) >= 11 is 0. The summed E-state index contributed by atoms with van der Waals surface area (Å²) in [4.78, 5) is 27.7. The third kappa shape index (κ3) is 3.49. The molecule has 2 aliphatic rings. The third-order valence-corrected chi connectivity index (χ3v) is 5.81. The van der Waals surface area contributed by atoms with E-state index in [2.05, 4.69) is 0 Å². The SMILES string of the molecule is COc1cccc(C2/C(=C(/O)c3ccc4c(c3)OCCO4)C(=O)C(=O)N2c2ccccc2O)c1. The molecule has 1 unspecified atom stereocenters. The molecule has 8 nitrogen and oxygen atoms in total. The largest absolute Gasteiger partial charge is 0.507 e. The number of amides is 1. The van der Waals surface area contributed by atoms with Gasteiger partial charge in [0.15, 0.2) is 11.5 Å². The predicted octanol–water partition coefficient (Wildman–Crippen LogP) is 3.80. The maximum absolute atomic E-state index is 13.3. The Morgan fingerprint density at radius 3 is 2.50 bits per heavy atom. The number of aliphatic hydroxyl groups is 1. The van der Waals surface area contributed by atoms with Gasteiger partial charge in [-0.15, -0.1) is 0 Å². The van der Waals surface area contributed by atoms with Gasteiger partial charge in [-0.2, -0.15) is 0 Å². The van der Waals surface area contributed by atoms with Gasteiger partial charge >= 0.3 is 0 Å². The van der Waals surface area contributed by atoms with Gasteiger partial charge in [-0.1, -0.05) is 24.3 Å². The highest BCUT2D eigenvalue weighted by Gasteiger charge is 2.47. The van der Waals surface area contributed by atoms with Crippen LogP contribution in [0.3, 0.4) is 0 Å². The number of phenolic OH excluding ortho intramolecular Hbond substituents is 1. The van der Waals surface area contributed by atoms with E-state index in [-0.39, 0.29) is 22.8 Å². The fraction of sp³-hybridized carbons (Fsp3) is 0.154. The Bertz CT molecular complexity index is 1330. The molecule has 0 bridgehead atoms. The Balaban J connectivity index is 1.72. The average Bonchev–Trinajstić information content (AvgIpc) is 3.13. The van der Waals surface area contributed by atoms with Crippen molar-refractivity contribution in [1.29, 1.82) is 0 Å². The fourth-order valence-corrected chi connectivity index (χ4v) is 4.22. The van der Waals surface area contributed by atoms with Gasteiger partial charge in [0, 0.05) is 5.56 Å². The van der Waals surface area contributed by atoms with Crippen LogP contribution >= 0.6 is 0 Å². The molecular weight excluding hydrogens is 438 g/mol. The van der Waals surface area contributed by atoms with Gasteiger partial charge in [-0.25, -0.2) is 0 Å². The second-order valence-corrected chi connectivity index (χ2v) is 7.79. The van der Waals surface area contributed by atoms with Crippen molar-refractivity contribution < 1.29 is 34.0 Å². The Morgan fingerprint density at radius 1 is 0.971 bits per heavy atom. The van der Waals surface area contributed by atoms with Crippen LogP contribution in [0.25, 0.3) is 5.76 Å². The first kappa shape index (κ1) is 21.4. The van der Waals surface area contributed by atoms with E-state index in [1.54, 1.807) is 54.6 Å². The summed E-state index contributed by atoms with van der Waals surface area (Å²) in [5.74, 6) is -0.792. The predicted molar refractivity (Wildman–Crippen MR) is 123 cm³/mol. The molecule has 1 amide bonds. The second-order valence-electron chi connectivity index (χ2n) is 7.79. The molecule has 1 atom stereocenters. The van der Waals surface area contributed by atoms with E-state index in [4.69, 9.17) is 14.2 Å². The van der Waals surface area contributed by atoms with Crippen LogP contribution in [0, 0.1) is 0 Å². The molecule has 0 radical (unpaired) electrons. The molecule has 172 valence electrons. The van der Waals surface area contributed by atoms with Crippen LogP contribution in [0.5, 0.6) is 23.0 Å². The highest BCUT2D eigenvalue weighted by Crippen LogP contribution is 2.45. The highest BCUT2D eigenvalue weighted by atomic mass is 16.6. The lowest BCUT2D eigenvalue weighted by atomic mass is 9.94. The molecule has 0 aliphatic carbocycles. The van der Waals surface area contributed by atoms with E-state index in [9.17, 15) is 19.8 Å². The molecule has 2 heterocycles. The first-order valence-corrected chi connectivity index (χ1v) is 10.6. The number of hydrogen-bond acceptors (Lipinski definition) is 7. The number of hydrogen-bond donors (Lipinski definition) is 2. The fourth-order valence-electron chi connectivity index (χ4n) is 4.22. The molecule has 34 heavy (non-hydrogen) atoms. The molecule has 0 saturated carbocycles. The number of nitrogens with zero attached hydrogens (tertiary/aromatic N) is 1. The van der Waals surface area contributed by atoms with Gasteiger partial charge in [0.25, 0.3) is 11.7 Å². The second kappa shape index (κ2) is 8.47. The van der Waals surface area contributed by atoms with Crippen LogP contribution in [0.1, 0.15) is 17.2 Å². The van der Waals surface area contributed by atoms with Crippen molar-refractivity contribution in [3.63, 3.8) is 0 Å². The molecule has 3 aromatic carbocycles. The quantitative estimate of drug-likeness (QED) is 0.347. The minimum Gasteiger partial charge on any atom is -0.507 e. The number of Topliss-reactive ketones (excluding diaryl/α,β-unsaturated/α-hetero) is 1. The molecule has 1 fully saturated rings. The van der Waals surface area contributed by atoms with Crippen molar-refractivity contribution in [1.82, 2.24) is 0 Å². The lowest BCUT2D eigenvalue weighted by Crippen LogP contribution is -2.29. The molecule has 0 aromatic heterocycles. The first-order chi connectivity index (χ1) is 16.5. The van der Waals surface area contributed by atoms with Gasteiger partial charge < -0.3 is 24.4 Å². The Hall–Kier alpha value is -4.46. The van der Waals surface area contributed by atoms with Crippen molar-refractivity contribution >= 4 is 23.1 Å². The van der Waals surface area contributed by atoms with E-state index in [0.29, 0.717) is 41.6 Å². The van der Waals surface area contributed by atoms with E-state index in [0.717, 1.165) is 0 Å². The minimum atomic E-state index is -1.00. The molecule has 5 rings (SSSR count). The number of carbonyl (C=O) groups excluding carboxylic acids is 2. The number of carbonyl (C=O) groups is 2. The molecule has 2 aliphatic heterocycles. The minimum absolute atomic E-state index is 0.113. The summed E-state index contributed by atoms with van der Waals surface area (Å²) in [5.41, 5.74) is 0.866. The zero-order chi connectivity index (χ0) is 23.8. The number of aromatic hydroxyl groups is 1. The summed E-state index contributed by atoms with van der Waals surface area (Å²) in [5, 5.41) is 21.8. The number of aliphatic hydroxyl groups excluding tert-OH is 1. The number of fused-ring (bicyclic) bond motifs is 1. The Kier molecular flexibility index (Phi) is 5.33. The lowest BCUT2D eigenvalue weighted by molar-refractivity contribution is -0.132. The van der Waals surface area contributed by atoms with E-state index in [1.165, 1.54) is 24.1 Å².